The lowest BCUT2D eigenvalue weighted by Crippen LogP contribution is -2.32. The topological polar surface area (TPSA) is 51.0 Å². The summed E-state index contributed by atoms with van der Waals surface area (Å²) in [5, 5.41) is 0. The molecule has 0 radical (unpaired) electrons. The van der Waals surface area contributed by atoms with Gasteiger partial charge in [0.2, 0.25) is 0 Å². The third-order valence-electron chi connectivity index (χ3n) is 3.47. The first-order valence-electron chi connectivity index (χ1n) is 6.42. The van der Waals surface area contributed by atoms with Gasteiger partial charge in [0, 0.05) is 18.9 Å². The maximum Gasteiger partial charge on any atom is 0.319 e. The lowest BCUT2D eigenvalue weighted by molar-refractivity contribution is 0.0544. The van der Waals surface area contributed by atoms with E-state index in [2.05, 4.69) is 9.97 Å². The number of alkyl halides is 2. The standard InChI is InChI=1S/C14H16F2N4O/c1-9-4-5-12(20(9)14(15)16)13(21)19(3)10(2)11-6-7-17-8-18-11/h4-8,10,14H,1-3H3/t10-/m1/s1. The van der Waals surface area contributed by atoms with Crippen LogP contribution in [-0.4, -0.2) is 32.4 Å². The van der Waals surface area contributed by atoms with E-state index < -0.39 is 12.5 Å². The number of nitrogens with zero attached hydrogens (tertiary/aromatic N) is 4. The van der Waals surface area contributed by atoms with Gasteiger partial charge in [-0.2, -0.15) is 8.78 Å². The normalized spacial score (nSPS) is 12.5. The molecular weight excluding hydrogens is 278 g/mol. The number of aromatic nitrogens is 3. The maximum atomic E-state index is 13.0. The number of amides is 1. The van der Waals surface area contributed by atoms with Crippen molar-refractivity contribution in [2.24, 2.45) is 0 Å². The predicted octanol–water partition coefficient (Wildman–Crippen LogP) is 2.81. The summed E-state index contributed by atoms with van der Waals surface area (Å²) >= 11 is 0. The molecule has 2 aromatic heterocycles. The predicted molar refractivity (Wildman–Crippen MR) is 73.0 cm³/mol. The number of carbonyl (C=O) groups is 1. The van der Waals surface area contributed by atoms with Crippen LogP contribution < -0.4 is 0 Å². The van der Waals surface area contributed by atoms with Crippen molar-refractivity contribution in [3.8, 4) is 0 Å². The first kappa shape index (κ1) is 15.1. The van der Waals surface area contributed by atoms with Crippen LogP contribution in [0.15, 0.2) is 30.7 Å². The van der Waals surface area contributed by atoms with E-state index in [1.165, 1.54) is 30.3 Å². The maximum absolute atomic E-state index is 13.0. The second kappa shape index (κ2) is 5.99. The van der Waals surface area contributed by atoms with Crippen LogP contribution in [0.3, 0.4) is 0 Å². The van der Waals surface area contributed by atoms with Crippen molar-refractivity contribution in [2.75, 3.05) is 7.05 Å². The van der Waals surface area contributed by atoms with Crippen molar-refractivity contribution in [1.82, 2.24) is 19.4 Å². The number of hydrogen-bond acceptors (Lipinski definition) is 3. The lowest BCUT2D eigenvalue weighted by Gasteiger charge is -2.25. The summed E-state index contributed by atoms with van der Waals surface area (Å²) in [6, 6.07) is 4.25. The molecule has 0 aliphatic carbocycles. The Morgan fingerprint density at radius 2 is 2.05 bits per heavy atom. The van der Waals surface area contributed by atoms with E-state index in [-0.39, 0.29) is 11.7 Å². The Labute approximate surface area is 121 Å². The van der Waals surface area contributed by atoms with Crippen LogP contribution in [0, 0.1) is 6.92 Å². The number of aryl methyl sites for hydroxylation is 1. The molecule has 0 aliphatic heterocycles. The fourth-order valence-electron chi connectivity index (χ4n) is 2.09. The fraction of sp³-hybridized carbons (Fsp3) is 0.357. The molecule has 0 fully saturated rings. The van der Waals surface area contributed by atoms with Crippen LogP contribution in [0.2, 0.25) is 0 Å². The summed E-state index contributed by atoms with van der Waals surface area (Å²) in [4.78, 5) is 21.7. The van der Waals surface area contributed by atoms with E-state index in [0.29, 0.717) is 11.4 Å². The number of hydrogen-bond donors (Lipinski definition) is 0. The molecule has 0 bridgehead atoms. The Hall–Kier alpha value is -2.31. The summed E-state index contributed by atoms with van der Waals surface area (Å²) < 4.78 is 26.8. The van der Waals surface area contributed by atoms with Crippen LogP contribution in [-0.2, 0) is 0 Å². The fourth-order valence-corrected chi connectivity index (χ4v) is 2.09. The summed E-state index contributed by atoms with van der Waals surface area (Å²) in [6.45, 7) is 0.571. The molecule has 0 N–H and O–H groups in total. The van der Waals surface area contributed by atoms with Gasteiger partial charge in [0.1, 0.15) is 12.0 Å². The quantitative estimate of drug-likeness (QED) is 0.871. The van der Waals surface area contributed by atoms with Crippen LogP contribution in [0.25, 0.3) is 0 Å². The van der Waals surface area contributed by atoms with Gasteiger partial charge in [0.25, 0.3) is 5.91 Å². The van der Waals surface area contributed by atoms with Gasteiger partial charge in [-0.3, -0.25) is 9.36 Å². The van der Waals surface area contributed by atoms with Crippen molar-refractivity contribution in [3.63, 3.8) is 0 Å². The van der Waals surface area contributed by atoms with E-state index in [0.717, 1.165) is 4.57 Å². The van der Waals surface area contributed by atoms with Crippen molar-refractivity contribution in [2.45, 2.75) is 26.4 Å². The zero-order chi connectivity index (χ0) is 15.6. The zero-order valence-electron chi connectivity index (χ0n) is 12.0. The zero-order valence-corrected chi connectivity index (χ0v) is 12.0. The first-order chi connectivity index (χ1) is 9.93. The molecule has 2 heterocycles. The highest BCUT2D eigenvalue weighted by Gasteiger charge is 2.25. The largest absolute Gasteiger partial charge is 0.332 e. The smallest absolute Gasteiger partial charge is 0.319 e. The van der Waals surface area contributed by atoms with Crippen LogP contribution in [0.1, 0.15) is 41.4 Å². The van der Waals surface area contributed by atoms with E-state index >= 15 is 0 Å². The van der Waals surface area contributed by atoms with E-state index in [4.69, 9.17) is 0 Å². The Morgan fingerprint density at radius 3 is 2.62 bits per heavy atom. The molecule has 112 valence electrons. The number of carbonyl (C=O) groups excluding carboxylic acids is 1. The highest BCUT2D eigenvalue weighted by molar-refractivity contribution is 5.93. The van der Waals surface area contributed by atoms with Gasteiger partial charge >= 0.3 is 6.55 Å². The van der Waals surface area contributed by atoms with Crippen molar-refractivity contribution < 1.29 is 13.6 Å². The monoisotopic (exact) mass is 294 g/mol. The van der Waals surface area contributed by atoms with Gasteiger partial charge in [-0.1, -0.05) is 0 Å². The molecule has 2 rings (SSSR count). The van der Waals surface area contributed by atoms with Gasteiger partial charge in [-0.25, -0.2) is 9.97 Å². The van der Waals surface area contributed by atoms with E-state index in [1.54, 1.807) is 26.2 Å². The van der Waals surface area contributed by atoms with Gasteiger partial charge < -0.3 is 4.90 Å². The average Bonchev–Trinajstić information content (AvgIpc) is 2.87. The molecule has 1 amide bonds. The SMILES string of the molecule is Cc1ccc(C(=O)N(C)[C@H](C)c2ccncn2)n1C(F)F. The van der Waals surface area contributed by atoms with Crippen LogP contribution >= 0.6 is 0 Å². The van der Waals surface area contributed by atoms with Gasteiger partial charge in [-0.15, -0.1) is 0 Å². The van der Waals surface area contributed by atoms with Crippen LogP contribution in [0.4, 0.5) is 8.78 Å². The molecular formula is C14H16F2N4O. The minimum absolute atomic E-state index is 0.0362. The number of rotatable bonds is 4. The second-order valence-corrected chi connectivity index (χ2v) is 4.73. The van der Waals surface area contributed by atoms with Gasteiger partial charge in [0.15, 0.2) is 0 Å². The van der Waals surface area contributed by atoms with Crippen molar-refractivity contribution in [3.05, 3.63) is 47.8 Å². The molecule has 0 aromatic carbocycles. The minimum Gasteiger partial charge on any atom is -0.332 e. The van der Waals surface area contributed by atoms with Gasteiger partial charge in [-0.05, 0) is 32.0 Å². The number of halogens is 2. The Kier molecular flexibility index (Phi) is 4.30. The highest BCUT2D eigenvalue weighted by Crippen LogP contribution is 2.23. The van der Waals surface area contributed by atoms with Crippen molar-refractivity contribution in [1.29, 1.82) is 0 Å². The highest BCUT2D eigenvalue weighted by atomic mass is 19.3. The summed E-state index contributed by atoms with van der Waals surface area (Å²) in [5.74, 6) is -0.477. The molecule has 2 aromatic rings. The third kappa shape index (κ3) is 2.91. The first-order valence-corrected chi connectivity index (χ1v) is 6.42. The molecule has 5 nitrogen and oxygen atoms in total. The molecule has 7 heteroatoms. The Balaban J connectivity index is 2.28. The minimum atomic E-state index is -2.75. The molecule has 0 unspecified atom stereocenters. The van der Waals surface area contributed by atoms with Crippen LogP contribution in [0.5, 0.6) is 0 Å². The van der Waals surface area contributed by atoms with E-state index in [1.807, 2.05) is 0 Å². The lowest BCUT2D eigenvalue weighted by atomic mass is 10.2. The second-order valence-electron chi connectivity index (χ2n) is 4.73. The molecule has 0 spiro atoms. The van der Waals surface area contributed by atoms with Crippen molar-refractivity contribution >= 4 is 5.91 Å². The molecule has 1 atom stereocenters. The Bertz CT molecular complexity index is 627. The molecule has 0 saturated heterocycles. The summed E-state index contributed by atoms with van der Waals surface area (Å²) in [5.41, 5.74) is 0.954. The molecule has 0 saturated carbocycles. The third-order valence-corrected chi connectivity index (χ3v) is 3.47. The Morgan fingerprint density at radius 1 is 1.33 bits per heavy atom. The summed E-state index contributed by atoms with van der Waals surface area (Å²) in [6.07, 6.45) is 2.96. The average molecular weight is 294 g/mol. The van der Waals surface area contributed by atoms with E-state index in [9.17, 15) is 13.6 Å². The summed E-state index contributed by atoms with van der Waals surface area (Å²) in [7, 11) is 1.56. The molecule has 0 aliphatic rings. The molecule has 21 heavy (non-hydrogen) atoms. The van der Waals surface area contributed by atoms with Gasteiger partial charge in [0.05, 0.1) is 11.7 Å².